The molecule has 6 heteroatoms. The Morgan fingerprint density at radius 2 is 2.04 bits per heavy atom. The minimum absolute atomic E-state index is 0. The quantitative estimate of drug-likeness (QED) is 0.390. The van der Waals surface area contributed by atoms with Gasteiger partial charge in [0.15, 0.2) is 5.96 Å². The summed E-state index contributed by atoms with van der Waals surface area (Å²) in [6.45, 7) is 9.84. The van der Waals surface area contributed by atoms with Crippen LogP contribution in [0.3, 0.4) is 0 Å². The third-order valence-electron chi connectivity index (χ3n) is 3.38. The van der Waals surface area contributed by atoms with E-state index < -0.39 is 0 Å². The Morgan fingerprint density at radius 3 is 2.67 bits per heavy atom. The molecule has 2 N–H and O–H groups in total. The normalized spacial score (nSPS) is 12.4. The monoisotopic (exact) mass is 458 g/mol. The van der Waals surface area contributed by atoms with E-state index in [2.05, 4.69) is 53.5 Å². The summed E-state index contributed by atoms with van der Waals surface area (Å²) in [4.78, 5) is 11.9. The van der Waals surface area contributed by atoms with Gasteiger partial charge in [-0.15, -0.1) is 35.3 Å². The van der Waals surface area contributed by atoms with Gasteiger partial charge >= 0.3 is 0 Å². The first-order chi connectivity index (χ1) is 11.1. The fraction of sp³-hybridized carbons (Fsp3) is 0.444. The summed E-state index contributed by atoms with van der Waals surface area (Å²) in [5.41, 5.74) is 2.01. The molecule has 24 heavy (non-hydrogen) atoms. The number of aromatic nitrogens is 1. The van der Waals surface area contributed by atoms with Gasteiger partial charge in [0.2, 0.25) is 0 Å². The van der Waals surface area contributed by atoms with Crippen molar-refractivity contribution >= 4 is 41.3 Å². The molecule has 0 fully saturated rings. The number of hydrogen-bond donors (Lipinski definition) is 2. The Morgan fingerprint density at radius 1 is 1.25 bits per heavy atom. The van der Waals surface area contributed by atoms with Gasteiger partial charge in [0, 0.05) is 34.5 Å². The van der Waals surface area contributed by atoms with Gasteiger partial charge in [0.05, 0.1) is 12.2 Å². The van der Waals surface area contributed by atoms with Crippen molar-refractivity contribution in [3.8, 4) is 0 Å². The number of rotatable bonds is 6. The van der Waals surface area contributed by atoms with Crippen LogP contribution in [0.2, 0.25) is 0 Å². The molecule has 0 aliphatic heterocycles. The van der Waals surface area contributed by atoms with E-state index in [0.29, 0.717) is 12.6 Å². The van der Waals surface area contributed by atoms with Crippen LogP contribution in [-0.4, -0.2) is 23.5 Å². The molecule has 1 atom stereocenters. The maximum Gasteiger partial charge on any atom is 0.191 e. The summed E-state index contributed by atoms with van der Waals surface area (Å²) in [6.07, 6.45) is 1.01. The van der Waals surface area contributed by atoms with Crippen molar-refractivity contribution < 1.29 is 0 Å². The van der Waals surface area contributed by atoms with Crippen LogP contribution < -0.4 is 10.6 Å². The second kappa shape index (κ2) is 10.7. The fourth-order valence-corrected chi connectivity index (χ4v) is 3.37. The molecule has 0 aliphatic rings. The zero-order chi connectivity index (χ0) is 16.7. The molecule has 2 rings (SSSR count). The van der Waals surface area contributed by atoms with Crippen LogP contribution in [0, 0.1) is 13.8 Å². The smallest absolute Gasteiger partial charge is 0.191 e. The van der Waals surface area contributed by atoms with Crippen molar-refractivity contribution in [3.05, 3.63) is 51.5 Å². The minimum atomic E-state index is 0. The largest absolute Gasteiger partial charge is 0.357 e. The van der Waals surface area contributed by atoms with E-state index in [4.69, 9.17) is 0 Å². The van der Waals surface area contributed by atoms with Crippen molar-refractivity contribution in [2.45, 2.75) is 46.7 Å². The molecule has 0 saturated carbocycles. The number of pyridine rings is 1. The molecular formula is C18H27IN4S. The third kappa shape index (κ3) is 7.17. The molecule has 0 aromatic carbocycles. The van der Waals surface area contributed by atoms with Crippen LogP contribution in [0.4, 0.5) is 0 Å². The lowest BCUT2D eigenvalue weighted by atomic mass is 10.2. The highest BCUT2D eigenvalue weighted by Crippen LogP contribution is 2.16. The molecule has 2 heterocycles. The van der Waals surface area contributed by atoms with Gasteiger partial charge in [0.1, 0.15) is 0 Å². The van der Waals surface area contributed by atoms with Crippen LogP contribution in [-0.2, 0) is 13.0 Å². The lowest BCUT2D eigenvalue weighted by Crippen LogP contribution is -2.43. The number of halogens is 1. The molecule has 0 aliphatic carbocycles. The van der Waals surface area contributed by atoms with E-state index in [1.54, 1.807) is 0 Å². The number of aryl methyl sites for hydroxylation is 2. The summed E-state index contributed by atoms with van der Waals surface area (Å²) in [6, 6.07) is 10.7. The maximum absolute atomic E-state index is 4.65. The standard InChI is InChI=1S/C18H26N4S.HI/c1-5-19-18(20-12-16-8-6-7-13(2)21-16)22-14(3)11-17-10-9-15(4)23-17;/h6-10,14H,5,11-12H2,1-4H3,(H2,19,20,22);1H. The fourth-order valence-electron chi connectivity index (χ4n) is 2.35. The highest BCUT2D eigenvalue weighted by molar-refractivity contribution is 14.0. The van der Waals surface area contributed by atoms with Crippen LogP contribution in [0.15, 0.2) is 35.3 Å². The first kappa shape index (κ1) is 20.9. The van der Waals surface area contributed by atoms with Crippen molar-refractivity contribution in [1.82, 2.24) is 15.6 Å². The molecule has 0 spiro atoms. The highest BCUT2D eigenvalue weighted by atomic mass is 127. The second-order valence-electron chi connectivity index (χ2n) is 5.73. The Balaban J connectivity index is 0.00000288. The Bertz CT molecular complexity index is 654. The molecule has 0 bridgehead atoms. The van der Waals surface area contributed by atoms with Crippen LogP contribution >= 0.6 is 35.3 Å². The Labute approximate surface area is 166 Å². The van der Waals surface area contributed by atoms with Gasteiger partial charge in [-0.1, -0.05) is 6.07 Å². The van der Waals surface area contributed by atoms with Gasteiger partial charge < -0.3 is 10.6 Å². The van der Waals surface area contributed by atoms with E-state index in [1.165, 1.54) is 9.75 Å². The predicted molar refractivity (Wildman–Crippen MR) is 115 cm³/mol. The molecule has 2 aromatic heterocycles. The second-order valence-corrected chi connectivity index (χ2v) is 7.10. The van der Waals surface area contributed by atoms with E-state index >= 15 is 0 Å². The zero-order valence-electron chi connectivity index (χ0n) is 14.8. The predicted octanol–water partition coefficient (Wildman–Crippen LogP) is 4.06. The number of thiophene rings is 1. The van der Waals surface area contributed by atoms with Crippen LogP contribution in [0.5, 0.6) is 0 Å². The van der Waals surface area contributed by atoms with E-state index in [9.17, 15) is 0 Å². The molecule has 0 radical (unpaired) electrons. The van der Waals surface area contributed by atoms with Gasteiger partial charge in [-0.2, -0.15) is 0 Å². The van der Waals surface area contributed by atoms with E-state index in [0.717, 1.165) is 30.3 Å². The van der Waals surface area contributed by atoms with Gasteiger partial charge in [0.25, 0.3) is 0 Å². The number of hydrogen-bond acceptors (Lipinski definition) is 3. The average molecular weight is 458 g/mol. The van der Waals surface area contributed by atoms with Gasteiger partial charge in [-0.05, 0) is 52.0 Å². The zero-order valence-corrected chi connectivity index (χ0v) is 17.9. The lowest BCUT2D eigenvalue weighted by Gasteiger charge is -2.17. The summed E-state index contributed by atoms with van der Waals surface area (Å²) in [7, 11) is 0. The maximum atomic E-state index is 4.65. The van der Waals surface area contributed by atoms with Crippen LogP contribution in [0.1, 0.15) is 35.0 Å². The molecule has 4 nitrogen and oxygen atoms in total. The number of guanidine groups is 1. The first-order valence-electron chi connectivity index (χ1n) is 8.09. The van der Waals surface area contributed by atoms with Crippen LogP contribution in [0.25, 0.3) is 0 Å². The van der Waals surface area contributed by atoms with E-state index in [-0.39, 0.29) is 24.0 Å². The lowest BCUT2D eigenvalue weighted by molar-refractivity contribution is 0.645. The average Bonchev–Trinajstić information content (AvgIpc) is 2.90. The van der Waals surface area contributed by atoms with Gasteiger partial charge in [-0.3, -0.25) is 4.98 Å². The van der Waals surface area contributed by atoms with Crippen molar-refractivity contribution in [3.63, 3.8) is 0 Å². The number of nitrogens with one attached hydrogen (secondary N) is 2. The highest BCUT2D eigenvalue weighted by Gasteiger charge is 2.08. The molecule has 0 amide bonds. The van der Waals surface area contributed by atoms with E-state index in [1.807, 2.05) is 36.5 Å². The van der Waals surface area contributed by atoms with Crippen molar-refractivity contribution in [1.29, 1.82) is 0 Å². The first-order valence-corrected chi connectivity index (χ1v) is 8.91. The summed E-state index contributed by atoms with van der Waals surface area (Å²) < 4.78 is 0. The topological polar surface area (TPSA) is 49.3 Å². The number of aliphatic imine (C=N–C) groups is 1. The summed E-state index contributed by atoms with van der Waals surface area (Å²) in [5.74, 6) is 0.844. The Kier molecular flexibility index (Phi) is 9.28. The minimum Gasteiger partial charge on any atom is -0.357 e. The van der Waals surface area contributed by atoms with Crippen molar-refractivity contribution in [2.75, 3.05) is 6.54 Å². The summed E-state index contributed by atoms with van der Waals surface area (Å²) >= 11 is 1.86. The molecule has 0 saturated heterocycles. The molecular weight excluding hydrogens is 431 g/mol. The number of nitrogens with zero attached hydrogens (tertiary/aromatic N) is 2. The summed E-state index contributed by atoms with van der Waals surface area (Å²) in [5, 5.41) is 6.78. The molecule has 132 valence electrons. The van der Waals surface area contributed by atoms with Gasteiger partial charge in [-0.25, -0.2) is 4.99 Å². The third-order valence-corrected chi connectivity index (χ3v) is 4.40. The SMILES string of the molecule is CCNC(=NCc1cccc(C)n1)NC(C)Cc1ccc(C)s1.I. The molecule has 2 aromatic rings. The molecule has 1 unspecified atom stereocenters. The Hall–Kier alpha value is -1.15. The van der Waals surface area contributed by atoms with Crippen molar-refractivity contribution in [2.24, 2.45) is 4.99 Å².